The molecule has 0 radical (unpaired) electrons. The fourth-order valence-corrected chi connectivity index (χ4v) is 3.71. The Morgan fingerprint density at radius 3 is 2.91 bits per heavy atom. The monoisotopic (exact) mass is 317 g/mol. The summed E-state index contributed by atoms with van der Waals surface area (Å²) in [6.07, 6.45) is 9.24. The average molecular weight is 317 g/mol. The van der Waals surface area contributed by atoms with Crippen LogP contribution in [-0.4, -0.2) is 68.0 Å². The van der Waals surface area contributed by atoms with E-state index in [-0.39, 0.29) is 12.2 Å². The number of ether oxygens (including phenoxy) is 1. The van der Waals surface area contributed by atoms with Gasteiger partial charge in [-0.1, -0.05) is 0 Å². The van der Waals surface area contributed by atoms with Crippen LogP contribution in [0.4, 0.5) is 0 Å². The summed E-state index contributed by atoms with van der Waals surface area (Å²) in [5.41, 5.74) is 0.804. The van der Waals surface area contributed by atoms with Gasteiger partial charge in [0.25, 0.3) is 0 Å². The first-order chi connectivity index (χ1) is 11.3. The molecule has 2 aliphatic heterocycles. The fourth-order valence-electron chi connectivity index (χ4n) is 3.71. The Balaban J connectivity index is 1.35. The fraction of sp³-hybridized carbons (Fsp3) is 0.688. The lowest BCUT2D eigenvalue weighted by molar-refractivity contribution is -0.0215. The predicted molar refractivity (Wildman–Crippen MR) is 84.2 cm³/mol. The highest BCUT2D eigenvalue weighted by molar-refractivity contribution is 5.34. The van der Waals surface area contributed by atoms with E-state index >= 15 is 0 Å². The Kier molecular flexibility index (Phi) is 4.24. The van der Waals surface area contributed by atoms with Crippen molar-refractivity contribution in [1.82, 2.24) is 24.5 Å². The van der Waals surface area contributed by atoms with Gasteiger partial charge in [-0.3, -0.25) is 9.38 Å². The van der Waals surface area contributed by atoms with Gasteiger partial charge < -0.3 is 14.7 Å². The van der Waals surface area contributed by atoms with Gasteiger partial charge in [-0.2, -0.15) is 0 Å². The second-order valence-corrected chi connectivity index (χ2v) is 6.56. The van der Waals surface area contributed by atoms with Gasteiger partial charge in [-0.25, -0.2) is 0 Å². The van der Waals surface area contributed by atoms with Crippen LogP contribution in [0.2, 0.25) is 0 Å². The minimum absolute atomic E-state index is 0.0284. The molecule has 0 saturated carbocycles. The summed E-state index contributed by atoms with van der Waals surface area (Å²) in [5, 5.41) is 18.8. The molecule has 124 valence electrons. The van der Waals surface area contributed by atoms with Crippen LogP contribution >= 0.6 is 0 Å². The number of aromatic nitrogens is 4. The van der Waals surface area contributed by atoms with Crippen molar-refractivity contribution in [2.24, 2.45) is 0 Å². The Labute approximate surface area is 135 Å². The van der Waals surface area contributed by atoms with E-state index in [9.17, 15) is 5.11 Å². The van der Waals surface area contributed by atoms with Crippen LogP contribution in [0.3, 0.4) is 0 Å². The first-order valence-corrected chi connectivity index (χ1v) is 8.48. The zero-order chi connectivity index (χ0) is 15.6. The predicted octanol–water partition coefficient (Wildman–Crippen LogP) is 0.844. The normalized spacial score (nSPS) is 25.2. The molecule has 2 aliphatic rings. The highest BCUT2D eigenvalue weighted by Crippen LogP contribution is 2.27. The van der Waals surface area contributed by atoms with Crippen LogP contribution in [-0.2, 0) is 4.74 Å². The zero-order valence-electron chi connectivity index (χ0n) is 13.2. The highest BCUT2D eigenvalue weighted by atomic mass is 16.5. The van der Waals surface area contributed by atoms with Gasteiger partial charge in [-0.15, -0.1) is 10.2 Å². The molecular weight excluding hydrogens is 294 g/mol. The number of piperidine rings is 1. The topological polar surface area (TPSA) is 75.8 Å². The van der Waals surface area contributed by atoms with Crippen molar-refractivity contribution in [1.29, 1.82) is 0 Å². The summed E-state index contributed by atoms with van der Waals surface area (Å²) >= 11 is 0. The van der Waals surface area contributed by atoms with Crippen molar-refractivity contribution < 1.29 is 9.84 Å². The third kappa shape index (κ3) is 3.08. The van der Waals surface area contributed by atoms with Crippen LogP contribution in [0.25, 0.3) is 5.65 Å². The maximum atomic E-state index is 10.3. The van der Waals surface area contributed by atoms with Gasteiger partial charge in [0.2, 0.25) is 0 Å². The zero-order valence-corrected chi connectivity index (χ0v) is 13.2. The molecule has 1 N–H and O–H groups in total. The molecule has 7 heteroatoms. The summed E-state index contributed by atoms with van der Waals surface area (Å²) in [6, 6.07) is 0. The molecule has 0 spiro atoms. The van der Waals surface area contributed by atoms with Crippen molar-refractivity contribution >= 4 is 5.65 Å². The minimum atomic E-state index is -0.367. The molecule has 2 saturated heterocycles. The molecule has 2 atom stereocenters. The van der Waals surface area contributed by atoms with E-state index in [0.717, 1.165) is 56.9 Å². The number of nitrogens with zero attached hydrogens (tertiary/aromatic N) is 5. The standard InChI is InChI=1S/C16H23N5O2/c22-13(14-2-1-9-23-14)11-20-6-3-12(4-7-20)16-19-18-15-10-17-5-8-21(15)16/h5,8,10,12-14,22H,1-4,6-7,9,11H2. The van der Waals surface area contributed by atoms with Gasteiger partial charge in [0.05, 0.1) is 18.4 Å². The van der Waals surface area contributed by atoms with E-state index in [1.807, 2.05) is 10.6 Å². The lowest BCUT2D eigenvalue weighted by atomic mass is 9.95. The van der Waals surface area contributed by atoms with Crippen LogP contribution in [0.5, 0.6) is 0 Å². The Morgan fingerprint density at radius 1 is 1.26 bits per heavy atom. The maximum Gasteiger partial charge on any atom is 0.179 e. The molecule has 0 bridgehead atoms. The largest absolute Gasteiger partial charge is 0.389 e. The highest BCUT2D eigenvalue weighted by Gasteiger charge is 2.29. The number of aliphatic hydroxyl groups excluding tert-OH is 1. The molecule has 0 aliphatic carbocycles. The van der Waals surface area contributed by atoms with Gasteiger partial charge in [0.15, 0.2) is 5.65 Å². The Morgan fingerprint density at radius 2 is 2.13 bits per heavy atom. The Bertz CT molecular complexity index is 647. The molecule has 7 nitrogen and oxygen atoms in total. The SMILES string of the molecule is OC(CN1CCC(c2nnc3cnccn23)CC1)C1CCCO1. The van der Waals surface area contributed by atoms with Gasteiger partial charge in [0.1, 0.15) is 5.82 Å². The molecular formula is C16H23N5O2. The molecule has 4 rings (SSSR count). The molecule has 23 heavy (non-hydrogen) atoms. The number of β-amino-alcohol motifs (C(OH)–C–C–N with tert-alkyl or cyclic N) is 1. The first kappa shape index (κ1) is 15.0. The molecule has 0 amide bonds. The average Bonchev–Trinajstić information content (AvgIpc) is 3.25. The lowest BCUT2D eigenvalue weighted by Crippen LogP contribution is -2.42. The summed E-state index contributed by atoms with van der Waals surface area (Å²) in [6.45, 7) is 3.46. The number of hydrogen-bond acceptors (Lipinski definition) is 6. The molecule has 4 heterocycles. The smallest absolute Gasteiger partial charge is 0.179 e. The molecule has 2 unspecified atom stereocenters. The molecule has 0 aromatic carbocycles. The van der Waals surface area contributed by atoms with Gasteiger partial charge in [-0.05, 0) is 38.8 Å². The van der Waals surface area contributed by atoms with Gasteiger partial charge >= 0.3 is 0 Å². The van der Waals surface area contributed by atoms with E-state index in [4.69, 9.17) is 4.74 Å². The molecule has 2 fully saturated rings. The van der Waals surface area contributed by atoms with Crippen LogP contribution < -0.4 is 0 Å². The van der Waals surface area contributed by atoms with Crippen LogP contribution in [0.15, 0.2) is 18.6 Å². The first-order valence-electron chi connectivity index (χ1n) is 8.48. The summed E-state index contributed by atoms with van der Waals surface area (Å²) in [7, 11) is 0. The summed E-state index contributed by atoms with van der Waals surface area (Å²) in [4.78, 5) is 6.42. The number of likely N-dealkylation sites (tertiary alicyclic amines) is 1. The number of rotatable bonds is 4. The second-order valence-electron chi connectivity index (χ2n) is 6.56. The van der Waals surface area contributed by atoms with E-state index in [1.54, 1.807) is 12.4 Å². The van der Waals surface area contributed by atoms with Crippen LogP contribution in [0.1, 0.15) is 37.4 Å². The van der Waals surface area contributed by atoms with E-state index in [1.165, 1.54) is 0 Å². The van der Waals surface area contributed by atoms with Crippen molar-refractivity contribution in [2.75, 3.05) is 26.2 Å². The van der Waals surface area contributed by atoms with Crippen molar-refractivity contribution in [3.63, 3.8) is 0 Å². The lowest BCUT2D eigenvalue weighted by Gasteiger charge is -2.33. The molecule has 2 aromatic heterocycles. The van der Waals surface area contributed by atoms with E-state index in [0.29, 0.717) is 12.5 Å². The quantitative estimate of drug-likeness (QED) is 0.901. The van der Waals surface area contributed by atoms with Crippen molar-refractivity contribution in [2.45, 2.75) is 43.8 Å². The van der Waals surface area contributed by atoms with Crippen molar-refractivity contribution in [3.8, 4) is 0 Å². The molecule has 2 aromatic rings. The summed E-state index contributed by atoms with van der Waals surface area (Å²) in [5.74, 6) is 1.45. The van der Waals surface area contributed by atoms with Crippen molar-refractivity contribution in [3.05, 3.63) is 24.4 Å². The maximum absolute atomic E-state index is 10.3. The third-order valence-corrected chi connectivity index (χ3v) is 5.03. The Hall–Kier alpha value is -1.57. The minimum Gasteiger partial charge on any atom is -0.389 e. The second kappa shape index (κ2) is 6.51. The van der Waals surface area contributed by atoms with Gasteiger partial charge in [0, 0.05) is 31.5 Å². The third-order valence-electron chi connectivity index (χ3n) is 5.03. The number of fused-ring (bicyclic) bond motifs is 1. The van der Waals surface area contributed by atoms with E-state index in [2.05, 4.69) is 20.1 Å². The van der Waals surface area contributed by atoms with E-state index < -0.39 is 0 Å². The summed E-state index contributed by atoms with van der Waals surface area (Å²) < 4.78 is 7.62. The van der Waals surface area contributed by atoms with Crippen LogP contribution in [0, 0.1) is 0 Å². The number of aliphatic hydroxyl groups is 1. The number of hydrogen-bond donors (Lipinski definition) is 1.